The van der Waals surface area contributed by atoms with E-state index in [1.54, 1.807) is 36.4 Å². The molecule has 0 fully saturated rings. The van der Waals surface area contributed by atoms with Crippen LogP contribution < -0.4 is 5.32 Å². The van der Waals surface area contributed by atoms with Gasteiger partial charge in [0.2, 0.25) is 15.9 Å². The minimum atomic E-state index is -3.87. The van der Waals surface area contributed by atoms with Crippen LogP contribution in [-0.2, 0) is 27.9 Å². The molecule has 0 unspecified atom stereocenters. The third kappa shape index (κ3) is 6.31. The Labute approximate surface area is 192 Å². The number of carbonyl (C=O) groups is 1. The van der Waals surface area contributed by atoms with Crippen LogP contribution in [0.15, 0.2) is 77.7 Å². The van der Waals surface area contributed by atoms with Gasteiger partial charge < -0.3 is 5.32 Å². The first-order valence-electron chi connectivity index (χ1n) is 9.57. The molecule has 0 atom stereocenters. The van der Waals surface area contributed by atoms with Crippen molar-refractivity contribution in [2.75, 3.05) is 6.54 Å². The third-order valence-electron chi connectivity index (χ3n) is 4.67. The van der Waals surface area contributed by atoms with Crippen molar-refractivity contribution in [2.24, 2.45) is 0 Å². The quantitative estimate of drug-likeness (QED) is 0.507. The molecule has 3 rings (SSSR count). The van der Waals surface area contributed by atoms with Gasteiger partial charge in [0.1, 0.15) is 0 Å². The fourth-order valence-corrected chi connectivity index (χ4v) is 4.82. The van der Waals surface area contributed by atoms with Gasteiger partial charge in [-0.05, 0) is 42.3 Å². The van der Waals surface area contributed by atoms with E-state index >= 15 is 0 Å². The average molecular weight is 477 g/mol. The molecular formula is C23H22Cl2N2O3S. The molecule has 0 saturated carbocycles. The standard InChI is InChI=1S/C23H22Cl2N2O3S/c1-17-7-9-18(10-8-17)15-27(31(29,30)21-5-3-2-4-6-21)16-23(28)26-14-19-11-12-20(24)13-22(19)25/h2-13H,14-16H2,1H3,(H,26,28). The summed E-state index contributed by atoms with van der Waals surface area (Å²) in [5.41, 5.74) is 2.55. The summed E-state index contributed by atoms with van der Waals surface area (Å²) in [6, 6.07) is 20.6. The predicted octanol–water partition coefficient (Wildman–Crippen LogP) is 4.81. The Morgan fingerprint density at radius 1 is 0.968 bits per heavy atom. The van der Waals surface area contributed by atoms with E-state index in [0.29, 0.717) is 15.6 Å². The number of aryl methyl sites for hydroxylation is 1. The number of nitrogens with one attached hydrogen (secondary N) is 1. The Balaban J connectivity index is 1.78. The van der Waals surface area contributed by atoms with E-state index in [4.69, 9.17) is 23.2 Å². The van der Waals surface area contributed by atoms with Crippen LogP contribution in [-0.4, -0.2) is 25.2 Å². The molecule has 1 N–H and O–H groups in total. The number of hydrogen-bond donors (Lipinski definition) is 1. The van der Waals surface area contributed by atoms with Crippen molar-refractivity contribution in [3.05, 3.63) is 99.5 Å². The highest BCUT2D eigenvalue weighted by molar-refractivity contribution is 7.89. The van der Waals surface area contributed by atoms with Gasteiger partial charge in [-0.25, -0.2) is 8.42 Å². The van der Waals surface area contributed by atoms with Crippen molar-refractivity contribution in [2.45, 2.75) is 24.9 Å². The summed E-state index contributed by atoms with van der Waals surface area (Å²) in [6.45, 7) is 1.87. The summed E-state index contributed by atoms with van der Waals surface area (Å²) in [5, 5.41) is 3.67. The maximum atomic E-state index is 13.2. The first-order chi connectivity index (χ1) is 14.8. The minimum Gasteiger partial charge on any atom is -0.351 e. The summed E-state index contributed by atoms with van der Waals surface area (Å²) in [7, 11) is -3.87. The largest absolute Gasteiger partial charge is 0.351 e. The smallest absolute Gasteiger partial charge is 0.243 e. The monoisotopic (exact) mass is 476 g/mol. The average Bonchev–Trinajstić information content (AvgIpc) is 2.75. The molecule has 3 aromatic carbocycles. The summed E-state index contributed by atoms with van der Waals surface area (Å²) >= 11 is 12.0. The SMILES string of the molecule is Cc1ccc(CN(CC(=O)NCc2ccc(Cl)cc2Cl)S(=O)(=O)c2ccccc2)cc1. The van der Waals surface area contributed by atoms with Crippen LogP contribution in [0.3, 0.4) is 0 Å². The first kappa shape index (κ1) is 23.3. The van der Waals surface area contributed by atoms with E-state index in [9.17, 15) is 13.2 Å². The lowest BCUT2D eigenvalue weighted by atomic mass is 10.1. The zero-order valence-electron chi connectivity index (χ0n) is 16.9. The Morgan fingerprint density at radius 3 is 2.29 bits per heavy atom. The summed E-state index contributed by atoms with van der Waals surface area (Å²) in [4.78, 5) is 12.8. The lowest BCUT2D eigenvalue weighted by Gasteiger charge is -2.22. The number of sulfonamides is 1. The fourth-order valence-electron chi connectivity index (χ4n) is 2.94. The van der Waals surface area contributed by atoms with E-state index in [1.165, 1.54) is 16.4 Å². The maximum Gasteiger partial charge on any atom is 0.243 e. The van der Waals surface area contributed by atoms with Crippen molar-refractivity contribution in [1.29, 1.82) is 0 Å². The molecule has 0 aromatic heterocycles. The van der Waals surface area contributed by atoms with Crippen molar-refractivity contribution in [3.8, 4) is 0 Å². The van der Waals surface area contributed by atoms with Gasteiger partial charge in [-0.3, -0.25) is 4.79 Å². The first-order valence-corrected chi connectivity index (χ1v) is 11.8. The zero-order valence-corrected chi connectivity index (χ0v) is 19.2. The van der Waals surface area contributed by atoms with Gasteiger partial charge in [-0.1, -0.05) is 77.3 Å². The molecule has 8 heteroatoms. The lowest BCUT2D eigenvalue weighted by molar-refractivity contribution is -0.121. The van der Waals surface area contributed by atoms with Gasteiger partial charge in [-0.15, -0.1) is 0 Å². The summed E-state index contributed by atoms with van der Waals surface area (Å²) < 4.78 is 27.6. The molecule has 5 nitrogen and oxygen atoms in total. The van der Waals surface area contributed by atoms with Crippen LogP contribution in [0.25, 0.3) is 0 Å². The molecule has 0 aliphatic heterocycles. The zero-order chi connectivity index (χ0) is 22.4. The van der Waals surface area contributed by atoms with Gasteiger partial charge in [-0.2, -0.15) is 4.31 Å². The number of benzene rings is 3. The van der Waals surface area contributed by atoms with Crippen LogP contribution in [0.1, 0.15) is 16.7 Å². The summed E-state index contributed by atoms with van der Waals surface area (Å²) in [5.74, 6) is -0.433. The molecule has 0 aliphatic carbocycles. The molecule has 0 aliphatic rings. The van der Waals surface area contributed by atoms with Crippen molar-refractivity contribution in [1.82, 2.24) is 9.62 Å². The van der Waals surface area contributed by atoms with Crippen LogP contribution in [0, 0.1) is 6.92 Å². The maximum absolute atomic E-state index is 13.2. The molecule has 162 valence electrons. The van der Waals surface area contributed by atoms with Gasteiger partial charge in [0, 0.05) is 23.1 Å². The molecule has 0 spiro atoms. The predicted molar refractivity (Wildman–Crippen MR) is 124 cm³/mol. The normalized spacial score (nSPS) is 11.5. The summed E-state index contributed by atoms with van der Waals surface area (Å²) in [6.07, 6.45) is 0. The molecule has 0 bridgehead atoms. The number of nitrogens with zero attached hydrogens (tertiary/aromatic N) is 1. The highest BCUT2D eigenvalue weighted by Gasteiger charge is 2.26. The topological polar surface area (TPSA) is 66.5 Å². The fraction of sp³-hybridized carbons (Fsp3) is 0.174. The molecule has 3 aromatic rings. The van der Waals surface area contributed by atoms with E-state index in [1.807, 2.05) is 31.2 Å². The Morgan fingerprint density at radius 2 is 1.65 bits per heavy atom. The number of rotatable bonds is 8. The number of halogens is 2. The second-order valence-corrected chi connectivity index (χ2v) is 9.87. The number of amides is 1. The van der Waals surface area contributed by atoms with E-state index in [2.05, 4.69) is 5.32 Å². The number of hydrogen-bond acceptors (Lipinski definition) is 3. The second kappa shape index (κ2) is 10.3. The van der Waals surface area contributed by atoms with Crippen LogP contribution in [0.5, 0.6) is 0 Å². The van der Waals surface area contributed by atoms with E-state index in [-0.39, 0.29) is 24.5 Å². The van der Waals surface area contributed by atoms with E-state index < -0.39 is 15.9 Å². The molecule has 1 amide bonds. The van der Waals surface area contributed by atoms with Crippen LogP contribution in [0.2, 0.25) is 10.0 Å². The Kier molecular flexibility index (Phi) is 7.73. The number of carbonyl (C=O) groups excluding carboxylic acids is 1. The van der Waals surface area contributed by atoms with Gasteiger partial charge in [0.05, 0.1) is 11.4 Å². The second-order valence-electron chi connectivity index (χ2n) is 7.08. The van der Waals surface area contributed by atoms with Crippen molar-refractivity contribution < 1.29 is 13.2 Å². The van der Waals surface area contributed by atoms with Crippen molar-refractivity contribution in [3.63, 3.8) is 0 Å². The van der Waals surface area contributed by atoms with Crippen LogP contribution in [0.4, 0.5) is 0 Å². The molecular weight excluding hydrogens is 455 g/mol. The highest BCUT2D eigenvalue weighted by Crippen LogP contribution is 2.21. The van der Waals surface area contributed by atoms with Crippen molar-refractivity contribution >= 4 is 39.1 Å². The Hall–Kier alpha value is -2.38. The van der Waals surface area contributed by atoms with Gasteiger partial charge >= 0.3 is 0 Å². The third-order valence-corrected chi connectivity index (χ3v) is 7.06. The molecule has 0 radical (unpaired) electrons. The minimum absolute atomic E-state index is 0.0760. The Bertz CT molecular complexity index is 1150. The van der Waals surface area contributed by atoms with E-state index in [0.717, 1.165) is 11.1 Å². The molecule has 0 saturated heterocycles. The molecule has 0 heterocycles. The van der Waals surface area contributed by atoms with Gasteiger partial charge in [0.15, 0.2) is 0 Å². The molecule has 31 heavy (non-hydrogen) atoms. The van der Waals surface area contributed by atoms with Gasteiger partial charge in [0.25, 0.3) is 0 Å². The van der Waals surface area contributed by atoms with Crippen LogP contribution >= 0.6 is 23.2 Å². The highest BCUT2D eigenvalue weighted by atomic mass is 35.5. The lowest BCUT2D eigenvalue weighted by Crippen LogP contribution is -2.40.